The van der Waals surface area contributed by atoms with Gasteiger partial charge in [0.2, 0.25) is 0 Å². The highest BCUT2D eigenvalue weighted by Crippen LogP contribution is 2.43. The Morgan fingerprint density at radius 1 is 0.509 bits per heavy atom. The van der Waals surface area contributed by atoms with Crippen molar-refractivity contribution in [2.24, 2.45) is 0 Å². The maximum atomic E-state index is 12.6. The van der Waals surface area contributed by atoms with E-state index in [0.29, 0.717) is 12.8 Å². The van der Waals surface area contributed by atoms with Gasteiger partial charge >= 0.3 is 19.8 Å². The molecule has 0 heterocycles. The molecule has 0 amide bonds. The van der Waals surface area contributed by atoms with E-state index < -0.39 is 51.8 Å². The Balaban J connectivity index is 4.24. The predicted molar refractivity (Wildman–Crippen MR) is 233 cm³/mol. The molecule has 3 atom stereocenters. The number of carbonyl (C=O) groups excluding carboxylic acids is 2. The molecule has 1 unspecified atom stereocenters. The molecule has 0 aromatic heterocycles. The Hall–Kier alpha value is -1.55. The van der Waals surface area contributed by atoms with Crippen LogP contribution in [0.5, 0.6) is 0 Å². The molecule has 11 heteroatoms. The minimum atomic E-state index is -4.62. The highest BCUT2D eigenvalue weighted by molar-refractivity contribution is 7.47. The lowest BCUT2D eigenvalue weighted by molar-refractivity contribution is -0.161. The molecule has 0 fully saturated rings. The molecule has 0 rings (SSSR count). The minimum absolute atomic E-state index is 0.175. The van der Waals surface area contributed by atoms with E-state index in [9.17, 15) is 24.2 Å². The van der Waals surface area contributed by atoms with E-state index in [1.54, 1.807) is 0 Å². The molecule has 0 aromatic carbocycles. The van der Waals surface area contributed by atoms with Gasteiger partial charge in [-0.1, -0.05) is 167 Å². The molecule has 0 radical (unpaired) electrons. The summed E-state index contributed by atoms with van der Waals surface area (Å²) in [6.07, 6.45) is 42.8. The highest BCUT2D eigenvalue weighted by Gasteiger charge is 2.27. The van der Waals surface area contributed by atoms with E-state index in [2.05, 4.69) is 38.2 Å². The first-order valence-electron chi connectivity index (χ1n) is 23.3. The molecule has 3 N–H and O–H groups in total. The van der Waals surface area contributed by atoms with Crippen molar-refractivity contribution in [3.63, 3.8) is 0 Å². The van der Waals surface area contributed by atoms with Gasteiger partial charge in [0.15, 0.2) is 6.10 Å². The molecular formula is C46H87O10P. The fourth-order valence-corrected chi connectivity index (χ4v) is 7.24. The summed E-state index contributed by atoms with van der Waals surface area (Å²) in [6, 6.07) is 0. The summed E-state index contributed by atoms with van der Waals surface area (Å²) in [6.45, 7) is 2.38. The van der Waals surface area contributed by atoms with Crippen molar-refractivity contribution in [2.75, 3.05) is 26.4 Å². The first-order valence-corrected chi connectivity index (χ1v) is 24.8. The van der Waals surface area contributed by atoms with Gasteiger partial charge in [-0.3, -0.25) is 18.6 Å². The molecule has 0 aliphatic rings. The number of unbranched alkanes of at least 4 members (excludes halogenated alkanes) is 26. The second kappa shape index (κ2) is 42.6. The summed E-state index contributed by atoms with van der Waals surface area (Å²) in [5.41, 5.74) is 0. The van der Waals surface area contributed by atoms with Crippen LogP contribution >= 0.6 is 7.82 Å². The molecule has 0 spiro atoms. The van der Waals surface area contributed by atoms with Gasteiger partial charge in [-0.25, -0.2) is 4.57 Å². The number of esters is 2. The van der Waals surface area contributed by atoms with Gasteiger partial charge in [0, 0.05) is 12.8 Å². The Morgan fingerprint density at radius 3 is 1.26 bits per heavy atom. The summed E-state index contributed by atoms with van der Waals surface area (Å²) in [7, 11) is -4.62. The van der Waals surface area contributed by atoms with Crippen molar-refractivity contribution in [2.45, 2.75) is 232 Å². The average Bonchev–Trinajstić information content (AvgIpc) is 3.20. The fraction of sp³-hybridized carbons (Fsp3) is 0.870. The van der Waals surface area contributed by atoms with E-state index in [0.717, 1.165) is 64.2 Å². The summed E-state index contributed by atoms with van der Waals surface area (Å²) in [5.74, 6) is -0.932. The molecule has 0 saturated carbocycles. The van der Waals surface area contributed by atoms with Crippen molar-refractivity contribution in [1.82, 2.24) is 0 Å². The van der Waals surface area contributed by atoms with Gasteiger partial charge in [-0.05, 0) is 64.2 Å². The zero-order valence-electron chi connectivity index (χ0n) is 36.6. The van der Waals surface area contributed by atoms with Crippen LogP contribution in [0.25, 0.3) is 0 Å². The number of ether oxygens (including phenoxy) is 2. The Bertz CT molecular complexity index is 1000. The second-order valence-corrected chi connectivity index (χ2v) is 17.2. The number of allylic oxidation sites excluding steroid dienone is 4. The maximum Gasteiger partial charge on any atom is 0.472 e. The number of hydrogen-bond donors (Lipinski definition) is 3. The third kappa shape index (κ3) is 42.4. The maximum absolute atomic E-state index is 12.6. The van der Waals surface area contributed by atoms with Crippen LogP contribution in [-0.4, -0.2) is 65.7 Å². The highest BCUT2D eigenvalue weighted by atomic mass is 31.2. The van der Waals surface area contributed by atoms with E-state index in [4.69, 9.17) is 23.6 Å². The summed E-state index contributed by atoms with van der Waals surface area (Å²) in [4.78, 5) is 35.0. The number of phosphoric ester groups is 1. The molecule has 57 heavy (non-hydrogen) atoms. The molecule has 0 saturated heterocycles. The molecular weight excluding hydrogens is 743 g/mol. The number of rotatable bonds is 44. The number of aliphatic hydroxyl groups excluding tert-OH is 2. The smallest absolute Gasteiger partial charge is 0.462 e. The lowest BCUT2D eigenvalue weighted by Gasteiger charge is -2.20. The van der Waals surface area contributed by atoms with Crippen LogP contribution in [0.3, 0.4) is 0 Å². The van der Waals surface area contributed by atoms with Crippen LogP contribution in [0.2, 0.25) is 0 Å². The number of carbonyl (C=O) groups is 2. The van der Waals surface area contributed by atoms with Gasteiger partial charge in [0.05, 0.1) is 19.8 Å². The van der Waals surface area contributed by atoms with Crippen LogP contribution in [0.4, 0.5) is 0 Å². The lowest BCUT2D eigenvalue weighted by atomic mass is 10.1. The van der Waals surface area contributed by atoms with Crippen LogP contribution in [0.15, 0.2) is 24.3 Å². The van der Waals surface area contributed by atoms with E-state index in [1.807, 2.05) is 0 Å². The zero-order chi connectivity index (χ0) is 41.9. The van der Waals surface area contributed by atoms with Gasteiger partial charge < -0.3 is 24.6 Å². The van der Waals surface area contributed by atoms with Crippen molar-refractivity contribution >= 4 is 19.8 Å². The van der Waals surface area contributed by atoms with Crippen molar-refractivity contribution < 1.29 is 47.8 Å². The first-order chi connectivity index (χ1) is 27.7. The number of hydrogen-bond acceptors (Lipinski definition) is 9. The SMILES string of the molecule is CCCCCCCC/C=C\CCCCCCCC(=O)O[C@H](COC(=O)CCCCCCCCC/C=C\CCCCCCCCCC)COP(=O)(O)OC[C@@H](O)CO. The predicted octanol–water partition coefficient (Wildman–Crippen LogP) is 12.6. The molecule has 0 aliphatic carbocycles. The number of aliphatic hydroxyl groups is 2. The molecule has 0 aliphatic heterocycles. The largest absolute Gasteiger partial charge is 0.472 e. The van der Waals surface area contributed by atoms with E-state index in [-0.39, 0.29) is 19.4 Å². The molecule has 10 nitrogen and oxygen atoms in total. The zero-order valence-corrected chi connectivity index (χ0v) is 37.5. The van der Waals surface area contributed by atoms with Crippen LogP contribution in [0.1, 0.15) is 219 Å². The Kier molecular flexibility index (Phi) is 41.4. The molecule has 336 valence electrons. The molecule has 0 aromatic rings. The van der Waals surface area contributed by atoms with Gasteiger partial charge in [-0.2, -0.15) is 0 Å². The summed E-state index contributed by atoms with van der Waals surface area (Å²) in [5, 5.41) is 18.3. The topological polar surface area (TPSA) is 149 Å². The average molecular weight is 831 g/mol. The monoisotopic (exact) mass is 831 g/mol. The summed E-state index contributed by atoms with van der Waals surface area (Å²) >= 11 is 0. The Labute approximate surface area is 348 Å². The summed E-state index contributed by atoms with van der Waals surface area (Å²) < 4.78 is 32.8. The third-order valence-corrected chi connectivity index (χ3v) is 11.0. The molecule has 0 bridgehead atoms. The van der Waals surface area contributed by atoms with Gasteiger partial charge in [0.25, 0.3) is 0 Å². The first kappa shape index (κ1) is 55.5. The van der Waals surface area contributed by atoms with Crippen LogP contribution < -0.4 is 0 Å². The van der Waals surface area contributed by atoms with E-state index >= 15 is 0 Å². The normalized spacial score (nSPS) is 14.0. The van der Waals surface area contributed by atoms with Crippen molar-refractivity contribution in [3.05, 3.63) is 24.3 Å². The fourth-order valence-electron chi connectivity index (χ4n) is 6.45. The van der Waals surface area contributed by atoms with Crippen molar-refractivity contribution in [1.29, 1.82) is 0 Å². The van der Waals surface area contributed by atoms with E-state index in [1.165, 1.54) is 116 Å². The van der Waals surface area contributed by atoms with Crippen molar-refractivity contribution in [3.8, 4) is 0 Å². The lowest BCUT2D eigenvalue weighted by Crippen LogP contribution is -2.29. The Morgan fingerprint density at radius 2 is 0.860 bits per heavy atom. The quantitative estimate of drug-likeness (QED) is 0.0234. The van der Waals surface area contributed by atoms with Crippen LogP contribution in [0, 0.1) is 0 Å². The number of phosphoric acid groups is 1. The second-order valence-electron chi connectivity index (χ2n) is 15.8. The van der Waals surface area contributed by atoms with Gasteiger partial charge in [0.1, 0.15) is 12.7 Å². The van der Waals surface area contributed by atoms with Gasteiger partial charge in [-0.15, -0.1) is 0 Å². The van der Waals surface area contributed by atoms with Crippen LogP contribution in [-0.2, 0) is 32.7 Å². The third-order valence-electron chi connectivity index (χ3n) is 10.1. The standard InChI is InChI=1S/C46H87O10P/c1-3-5-7-9-11-13-15-17-19-20-21-22-24-25-27-29-31-33-35-37-45(49)53-41-44(42-55-57(51,52)54-40-43(48)39-47)56-46(50)38-36-34-32-30-28-26-23-18-16-14-12-10-8-6-4-2/h18,20-21,23,43-44,47-48H,3-17,19,22,24-42H2,1-2H3,(H,51,52)/b21-20-,23-18-/t43-,44+/m0/s1. The minimum Gasteiger partial charge on any atom is -0.462 e.